The highest BCUT2D eigenvalue weighted by atomic mass is 32.2. The number of amides is 1. The summed E-state index contributed by atoms with van der Waals surface area (Å²) in [6.07, 6.45) is 5.09. The molecule has 11 heteroatoms. The number of hydrogen-bond donors (Lipinski definition) is 1. The van der Waals surface area contributed by atoms with Gasteiger partial charge in [-0.3, -0.25) is 14.0 Å². The predicted octanol–water partition coefficient (Wildman–Crippen LogP) is 5.20. The molecule has 0 saturated heterocycles. The van der Waals surface area contributed by atoms with Gasteiger partial charge in [0.15, 0.2) is 22.5 Å². The fourth-order valence-electron chi connectivity index (χ4n) is 4.29. The van der Waals surface area contributed by atoms with Crippen LogP contribution < -0.4 is 14.9 Å². The molecule has 0 aliphatic carbocycles. The van der Waals surface area contributed by atoms with Gasteiger partial charge in [0.05, 0.1) is 31.9 Å². The summed E-state index contributed by atoms with van der Waals surface area (Å²) in [4.78, 5) is 12.7. The average molecular weight is 562 g/mol. The minimum atomic E-state index is -0.248. The van der Waals surface area contributed by atoms with Gasteiger partial charge in [0.1, 0.15) is 0 Å². The number of ether oxygens (including phenoxy) is 2. The Bertz CT molecular complexity index is 1460. The van der Waals surface area contributed by atoms with E-state index in [-0.39, 0.29) is 11.7 Å². The SMILES string of the molecule is CCCCCn1nc(C)c(/C=N/NC(=O)CSc2nnc(-c3ccc(OC)c(OC)c3)n2-c2ccccc2)c1C. The molecule has 0 saturated carbocycles. The molecular weight excluding hydrogens is 526 g/mol. The molecule has 0 fully saturated rings. The molecule has 2 aromatic carbocycles. The van der Waals surface area contributed by atoms with Gasteiger partial charge < -0.3 is 9.47 Å². The van der Waals surface area contributed by atoms with Crippen LogP contribution in [0.2, 0.25) is 0 Å². The Balaban J connectivity index is 1.48. The monoisotopic (exact) mass is 561 g/mol. The molecule has 10 nitrogen and oxygen atoms in total. The van der Waals surface area contributed by atoms with Gasteiger partial charge in [-0.1, -0.05) is 49.7 Å². The summed E-state index contributed by atoms with van der Waals surface area (Å²) in [6.45, 7) is 7.04. The van der Waals surface area contributed by atoms with Crippen LogP contribution in [-0.4, -0.2) is 56.6 Å². The van der Waals surface area contributed by atoms with Gasteiger partial charge in [-0.2, -0.15) is 10.2 Å². The molecule has 0 spiro atoms. The predicted molar refractivity (Wildman–Crippen MR) is 158 cm³/mol. The first-order chi connectivity index (χ1) is 19.5. The van der Waals surface area contributed by atoms with Crippen molar-refractivity contribution in [2.75, 3.05) is 20.0 Å². The van der Waals surface area contributed by atoms with Gasteiger partial charge in [0, 0.05) is 29.1 Å². The van der Waals surface area contributed by atoms with Crippen LogP contribution in [0, 0.1) is 13.8 Å². The molecule has 0 unspecified atom stereocenters. The van der Waals surface area contributed by atoms with Crippen molar-refractivity contribution in [1.29, 1.82) is 0 Å². The maximum absolute atomic E-state index is 12.7. The van der Waals surface area contributed by atoms with Gasteiger partial charge in [0.25, 0.3) is 5.91 Å². The van der Waals surface area contributed by atoms with Crippen molar-refractivity contribution in [2.24, 2.45) is 5.10 Å². The quantitative estimate of drug-likeness (QED) is 0.103. The third-order valence-electron chi connectivity index (χ3n) is 6.42. The van der Waals surface area contributed by atoms with Crippen molar-refractivity contribution >= 4 is 23.9 Å². The van der Waals surface area contributed by atoms with Crippen LogP contribution in [0.25, 0.3) is 17.1 Å². The Morgan fingerprint density at radius 1 is 1.05 bits per heavy atom. The fourth-order valence-corrected chi connectivity index (χ4v) is 5.04. The van der Waals surface area contributed by atoms with Gasteiger partial charge in [-0.25, -0.2) is 5.43 Å². The number of nitrogens with zero attached hydrogens (tertiary/aromatic N) is 6. The van der Waals surface area contributed by atoms with Crippen LogP contribution in [0.15, 0.2) is 58.8 Å². The number of rotatable bonds is 13. The average Bonchev–Trinajstić information content (AvgIpc) is 3.52. The number of unbranched alkanes of at least 4 members (excludes halogenated alkanes) is 2. The van der Waals surface area contributed by atoms with Gasteiger partial charge in [-0.15, -0.1) is 10.2 Å². The zero-order valence-corrected chi connectivity index (χ0v) is 24.4. The lowest BCUT2D eigenvalue weighted by molar-refractivity contribution is -0.118. The third kappa shape index (κ3) is 6.71. The van der Waals surface area contributed by atoms with Crippen molar-refractivity contribution in [2.45, 2.75) is 51.7 Å². The van der Waals surface area contributed by atoms with E-state index < -0.39 is 0 Å². The first kappa shape index (κ1) is 28.9. The lowest BCUT2D eigenvalue weighted by Gasteiger charge is -2.12. The summed E-state index contributed by atoms with van der Waals surface area (Å²) in [5, 5.41) is 18.2. The highest BCUT2D eigenvalue weighted by molar-refractivity contribution is 7.99. The molecule has 2 heterocycles. The van der Waals surface area contributed by atoms with Crippen molar-refractivity contribution in [1.82, 2.24) is 30.0 Å². The van der Waals surface area contributed by atoms with E-state index in [0.717, 1.165) is 47.6 Å². The topological polar surface area (TPSA) is 108 Å². The Morgan fingerprint density at radius 3 is 2.55 bits per heavy atom. The fraction of sp³-hybridized carbons (Fsp3) is 0.345. The Morgan fingerprint density at radius 2 is 1.82 bits per heavy atom. The zero-order chi connectivity index (χ0) is 28.5. The summed E-state index contributed by atoms with van der Waals surface area (Å²) >= 11 is 1.28. The number of hydrazone groups is 1. The summed E-state index contributed by atoms with van der Waals surface area (Å²) in [6, 6.07) is 15.4. The van der Waals surface area contributed by atoms with Gasteiger partial charge in [-0.05, 0) is 50.6 Å². The number of methoxy groups -OCH3 is 2. The maximum Gasteiger partial charge on any atom is 0.250 e. The number of thioether (sulfide) groups is 1. The molecule has 0 atom stereocenters. The molecule has 4 aromatic rings. The Hall–Kier alpha value is -4.12. The Kier molecular flexibility index (Phi) is 9.96. The van der Waals surface area contributed by atoms with Crippen LogP contribution in [0.4, 0.5) is 0 Å². The van der Waals surface area contributed by atoms with E-state index in [4.69, 9.17) is 9.47 Å². The molecule has 4 rings (SSSR count). The van der Waals surface area contributed by atoms with E-state index >= 15 is 0 Å². The van der Waals surface area contributed by atoms with E-state index in [1.165, 1.54) is 18.2 Å². The summed E-state index contributed by atoms with van der Waals surface area (Å²) in [5.41, 5.74) is 7.16. The number of benzene rings is 2. The first-order valence-electron chi connectivity index (χ1n) is 13.2. The van der Waals surface area contributed by atoms with Crippen molar-refractivity contribution in [3.63, 3.8) is 0 Å². The van der Waals surface area contributed by atoms with Gasteiger partial charge >= 0.3 is 0 Å². The molecule has 1 N–H and O–H groups in total. The molecule has 210 valence electrons. The molecule has 0 aliphatic rings. The third-order valence-corrected chi connectivity index (χ3v) is 7.34. The number of hydrogen-bond acceptors (Lipinski definition) is 8. The van der Waals surface area contributed by atoms with E-state index in [9.17, 15) is 4.79 Å². The number of nitrogens with one attached hydrogen (secondary N) is 1. The number of aryl methyl sites for hydroxylation is 2. The van der Waals surface area contributed by atoms with Crippen LogP contribution >= 0.6 is 11.8 Å². The van der Waals surface area contributed by atoms with E-state index in [1.807, 2.05) is 71.6 Å². The number of para-hydroxylation sites is 1. The highest BCUT2D eigenvalue weighted by Gasteiger charge is 2.19. The second kappa shape index (κ2) is 13.8. The van der Waals surface area contributed by atoms with Crippen molar-refractivity contribution < 1.29 is 14.3 Å². The molecule has 40 heavy (non-hydrogen) atoms. The second-order valence-electron chi connectivity index (χ2n) is 9.14. The van der Waals surface area contributed by atoms with Crippen LogP contribution in [0.5, 0.6) is 11.5 Å². The van der Waals surface area contributed by atoms with E-state index in [1.54, 1.807) is 20.4 Å². The first-order valence-corrected chi connectivity index (χ1v) is 14.2. The van der Waals surface area contributed by atoms with Gasteiger partial charge in [0.2, 0.25) is 0 Å². The smallest absolute Gasteiger partial charge is 0.250 e. The number of carbonyl (C=O) groups excluding carboxylic acids is 1. The summed E-state index contributed by atoms with van der Waals surface area (Å²) in [5.74, 6) is 1.70. The van der Waals surface area contributed by atoms with Crippen LogP contribution in [0.1, 0.15) is 43.1 Å². The maximum atomic E-state index is 12.7. The number of aromatic nitrogens is 5. The number of carbonyl (C=O) groups is 1. The van der Waals surface area contributed by atoms with Crippen molar-refractivity contribution in [3.05, 3.63) is 65.5 Å². The minimum Gasteiger partial charge on any atom is -0.493 e. The second-order valence-corrected chi connectivity index (χ2v) is 10.1. The largest absolute Gasteiger partial charge is 0.493 e. The lowest BCUT2D eigenvalue weighted by atomic mass is 10.2. The van der Waals surface area contributed by atoms with E-state index in [0.29, 0.717) is 22.5 Å². The molecule has 1 amide bonds. The molecule has 0 aliphatic heterocycles. The van der Waals surface area contributed by atoms with Crippen molar-refractivity contribution in [3.8, 4) is 28.6 Å². The molecule has 2 aromatic heterocycles. The highest BCUT2D eigenvalue weighted by Crippen LogP contribution is 2.34. The van der Waals surface area contributed by atoms with Crippen LogP contribution in [-0.2, 0) is 11.3 Å². The zero-order valence-electron chi connectivity index (χ0n) is 23.5. The Labute approximate surface area is 238 Å². The normalized spacial score (nSPS) is 11.2. The molecule has 0 bridgehead atoms. The van der Waals surface area contributed by atoms with E-state index in [2.05, 4.69) is 32.7 Å². The summed E-state index contributed by atoms with van der Waals surface area (Å²) < 4.78 is 14.8. The lowest BCUT2D eigenvalue weighted by Crippen LogP contribution is -2.20. The standard InChI is InChI=1S/C29H35N7O3S/c1-6-7-11-16-35-21(3)24(20(2)34-35)18-30-31-27(37)19-40-29-33-32-28(36(29)23-12-9-8-10-13-23)22-14-15-25(38-4)26(17-22)39-5/h8-10,12-15,17-18H,6-7,11,16,19H2,1-5H3,(H,31,37)/b30-18+. The molecular formula is C29H35N7O3S. The molecule has 0 radical (unpaired) electrons. The minimum absolute atomic E-state index is 0.114. The van der Waals surface area contributed by atoms with Crippen LogP contribution in [0.3, 0.4) is 0 Å². The summed E-state index contributed by atoms with van der Waals surface area (Å²) in [7, 11) is 3.19.